The van der Waals surface area contributed by atoms with Crippen molar-refractivity contribution in [3.8, 4) is 0 Å². The van der Waals surface area contributed by atoms with E-state index in [0.29, 0.717) is 0 Å². The van der Waals surface area contributed by atoms with Crippen molar-refractivity contribution in [3.05, 3.63) is 24.0 Å². The highest BCUT2D eigenvalue weighted by atomic mass is 16.3. The van der Waals surface area contributed by atoms with E-state index in [9.17, 15) is 5.11 Å². The third kappa shape index (κ3) is 3.99. The Balaban J connectivity index is 2.54. The summed E-state index contributed by atoms with van der Waals surface area (Å²) < 4.78 is 2.14. The molecule has 0 amide bonds. The zero-order valence-electron chi connectivity index (χ0n) is 10.7. The summed E-state index contributed by atoms with van der Waals surface area (Å²) in [5.74, 6) is 0. The van der Waals surface area contributed by atoms with Gasteiger partial charge in [0.05, 0.1) is 6.10 Å². The summed E-state index contributed by atoms with van der Waals surface area (Å²) in [5, 5.41) is 9.70. The fourth-order valence-electron chi connectivity index (χ4n) is 1.87. The number of aliphatic hydroxyl groups is 1. The molecule has 0 aliphatic rings. The predicted molar refractivity (Wildman–Crippen MR) is 67.3 cm³/mol. The van der Waals surface area contributed by atoms with Crippen LogP contribution in [0.15, 0.2) is 18.3 Å². The van der Waals surface area contributed by atoms with Gasteiger partial charge in [-0.2, -0.15) is 0 Å². The lowest BCUT2D eigenvalue weighted by molar-refractivity contribution is 0.104. The first kappa shape index (κ1) is 13.3. The molecule has 1 aromatic heterocycles. The van der Waals surface area contributed by atoms with Crippen molar-refractivity contribution in [2.24, 2.45) is 7.05 Å². The number of aryl methyl sites for hydroxylation is 1. The predicted octanol–water partition coefficient (Wildman–Crippen LogP) is 2.01. The van der Waals surface area contributed by atoms with Crippen LogP contribution < -0.4 is 0 Å². The van der Waals surface area contributed by atoms with Gasteiger partial charge in [-0.15, -0.1) is 0 Å². The zero-order chi connectivity index (χ0) is 12.0. The second-order valence-corrected chi connectivity index (χ2v) is 4.41. The number of rotatable bonds is 7. The van der Waals surface area contributed by atoms with Crippen LogP contribution in [-0.4, -0.2) is 33.8 Å². The third-order valence-corrected chi connectivity index (χ3v) is 2.92. The molecule has 1 unspecified atom stereocenters. The molecule has 0 spiro atoms. The van der Waals surface area contributed by atoms with Crippen LogP contribution in [0.5, 0.6) is 0 Å². The standard InChI is InChI=1S/C13H24N2O/c1-4-8-15(11-13(16)5-2)10-12-7-6-9-14(12)3/h6-7,9,13,16H,4-5,8,10-11H2,1-3H3. The van der Waals surface area contributed by atoms with Crippen molar-refractivity contribution in [2.45, 2.75) is 39.3 Å². The minimum absolute atomic E-state index is 0.202. The molecule has 3 heteroatoms. The second kappa shape index (κ2) is 6.71. The molecule has 1 rings (SSSR count). The Morgan fingerprint density at radius 2 is 2.19 bits per heavy atom. The van der Waals surface area contributed by atoms with Gasteiger partial charge in [-0.25, -0.2) is 0 Å². The fraction of sp³-hybridized carbons (Fsp3) is 0.692. The Kier molecular flexibility index (Phi) is 5.56. The van der Waals surface area contributed by atoms with Crippen LogP contribution in [0, 0.1) is 0 Å². The number of hydrogen-bond donors (Lipinski definition) is 1. The van der Waals surface area contributed by atoms with Crippen LogP contribution in [0.3, 0.4) is 0 Å². The molecule has 1 atom stereocenters. The number of aliphatic hydroxyl groups excluding tert-OH is 1. The molecule has 0 fully saturated rings. The normalized spacial score (nSPS) is 13.3. The van der Waals surface area contributed by atoms with Crippen LogP contribution in [0.25, 0.3) is 0 Å². The van der Waals surface area contributed by atoms with Gasteiger partial charge >= 0.3 is 0 Å². The molecular weight excluding hydrogens is 200 g/mol. The molecule has 1 N–H and O–H groups in total. The molecule has 3 nitrogen and oxygen atoms in total. The lowest BCUT2D eigenvalue weighted by Crippen LogP contribution is -2.32. The molecule has 92 valence electrons. The van der Waals surface area contributed by atoms with E-state index in [-0.39, 0.29) is 6.10 Å². The van der Waals surface area contributed by atoms with Gasteiger partial charge in [-0.3, -0.25) is 4.90 Å². The Morgan fingerprint density at radius 3 is 2.69 bits per heavy atom. The smallest absolute Gasteiger partial charge is 0.0664 e. The summed E-state index contributed by atoms with van der Waals surface area (Å²) in [5.41, 5.74) is 1.30. The number of hydrogen-bond acceptors (Lipinski definition) is 2. The first-order valence-electron chi connectivity index (χ1n) is 6.18. The summed E-state index contributed by atoms with van der Waals surface area (Å²) >= 11 is 0. The summed E-state index contributed by atoms with van der Waals surface area (Å²) in [7, 11) is 2.07. The molecule has 0 saturated carbocycles. The topological polar surface area (TPSA) is 28.4 Å². The first-order valence-corrected chi connectivity index (χ1v) is 6.18. The zero-order valence-corrected chi connectivity index (χ0v) is 10.7. The molecule has 1 aromatic rings. The largest absolute Gasteiger partial charge is 0.392 e. The molecule has 0 saturated heterocycles. The van der Waals surface area contributed by atoms with E-state index < -0.39 is 0 Å². The van der Waals surface area contributed by atoms with Crippen LogP contribution >= 0.6 is 0 Å². The average molecular weight is 224 g/mol. The highest BCUT2D eigenvalue weighted by Gasteiger charge is 2.11. The van der Waals surface area contributed by atoms with Gasteiger partial charge in [0, 0.05) is 32.0 Å². The molecular formula is C13H24N2O. The molecule has 0 radical (unpaired) electrons. The molecule has 1 heterocycles. The van der Waals surface area contributed by atoms with E-state index in [4.69, 9.17) is 0 Å². The van der Waals surface area contributed by atoms with Gasteiger partial charge in [-0.1, -0.05) is 13.8 Å². The van der Waals surface area contributed by atoms with Crippen LogP contribution in [0.2, 0.25) is 0 Å². The first-order chi connectivity index (χ1) is 7.67. The van der Waals surface area contributed by atoms with Gasteiger partial charge in [-0.05, 0) is 31.5 Å². The van der Waals surface area contributed by atoms with Crippen molar-refractivity contribution in [1.82, 2.24) is 9.47 Å². The van der Waals surface area contributed by atoms with Crippen LogP contribution in [-0.2, 0) is 13.6 Å². The highest BCUT2D eigenvalue weighted by molar-refractivity contribution is 5.06. The fourth-order valence-corrected chi connectivity index (χ4v) is 1.87. The maximum atomic E-state index is 9.70. The van der Waals surface area contributed by atoms with Crippen molar-refractivity contribution in [1.29, 1.82) is 0 Å². The summed E-state index contributed by atoms with van der Waals surface area (Å²) in [6.45, 7) is 6.94. The summed E-state index contributed by atoms with van der Waals surface area (Å²) in [4.78, 5) is 2.32. The molecule has 0 aromatic carbocycles. The van der Waals surface area contributed by atoms with Crippen molar-refractivity contribution >= 4 is 0 Å². The summed E-state index contributed by atoms with van der Waals surface area (Å²) in [6, 6.07) is 4.21. The van der Waals surface area contributed by atoms with Crippen LogP contribution in [0.1, 0.15) is 32.4 Å². The molecule has 16 heavy (non-hydrogen) atoms. The Bertz CT molecular complexity index is 296. The monoisotopic (exact) mass is 224 g/mol. The lowest BCUT2D eigenvalue weighted by atomic mass is 10.2. The van der Waals surface area contributed by atoms with E-state index >= 15 is 0 Å². The van der Waals surface area contributed by atoms with Gasteiger partial charge in [0.2, 0.25) is 0 Å². The Morgan fingerprint density at radius 1 is 1.44 bits per heavy atom. The second-order valence-electron chi connectivity index (χ2n) is 4.41. The van der Waals surface area contributed by atoms with Crippen molar-refractivity contribution < 1.29 is 5.11 Å². The SMILES string of the molecule is CCCN(Cc1cccn1C)CC(O)CC. The van der Waals surface area contributed by atoms with Gasteiger partial charge < -0.3 is 9.67 Å². The van der Waals surface area contributed by atoms with Crippen molar-refractivity contribution in [2.75, 3.05) is 13.1 Å². The molecule has 0 aliphatic heterocycles. The lowest BCUT2D eigenvalue weighted by Gasteiger charge is -2.24. The van der Waals surface area contributed by atoms with Gasteiger partial charge in [0.25, 0.3) is 0 Å². The van der Waals surface area contributed by atoms with E-state index in [1.54, 1.807) is 0 Å². The summed E-state index contributed by atoms with van der Waals surface area (Å²) in [6.07, 6.45) is 3.82. The van der Waals surface area contributed by atoms with Gasteiger partial charge in [0.1, 0.15) is 0 Å². The van der Waals surface area contributed by atoms with E-state index in [2.05, 4.69) is 41.8 Å². The van der Waals surface area contributed by atoms with E-state index in [1.165, 1.54) is 5.69 Å². The minimum Gasteiger partial charge on any atom is -0.392 e. The van der Waals surface area contributed by atoms with E-state index in [0.717, 1.165) is 32.5 Å². The van der Waals surface area contributed by atoms with E-state index in [1.807, 2.05) is 6.92 Å². The highest BCUT2D eigenvalue weighted by Crippen LogP contribution is 2.07. The minimum atomic E-state index is -0.202. The number of aromatic nitrogens is 1. The third-order valence-electron chi connectivity index (χ3n) is 2.92. The Labute approximate surface area is 98.7 Å². The maximum Gasteiger partial charge on any atom is 0.0664 e. The van der Waals surface area contributed by atoms with Gasteiger partial charge in [0.15, 0.2) is 0 Å². The molecule has 0 aliphatic carbocycles. The number of nitrogens with zero attached hydrogens (tertiary/aromatic N) is 2. The average Bonchev–Trinajstić information content (AvgIpc) is 2.64. The van der Waals surface area contributed by atoms with Crippen LogP contribution in [0.4, 0.5) is 0 Å². The quantitative estimate of drug-likeness (QED) is 0.767. The maximum absolute atomic E-state index is 9.70. The molecule has 0 bridgehead atoms. The van der Waals surface area contributed by atoms with Crippen molar-refractivity contribution in [3.63, 3.8) is 0 Å². The Hall–Kier alpha value is -0.800.